The number of carboxylic acid groups (broad SMARTS) is 1. The third-order valence-electron chi connectivity index (χ3n) is 5.79. The zero-order chi connectivity index (χ0) is 24.7. The summed E-state index contributed by atoms with van der Waals surface area (Å²) in [6.07, 6.45) is 6.28. The lowest BCUT2D eigenvalue weighted by Crippen LogP contribution is -2.48. The molecule has 0 aliphatic carbocycles. The topological polar surface area (TPSA) is 91.0 Å². The molecule has 9 heteroatoms. The molecule has 0 bridgehead atoms. The number of carboxylic acids is 1. The lowest BCUT2D eigenvalue weighted by molar-refractivity contribution is -0.132. The van der Waals surface area contributed by atoms with Crippen molar-refractivity contribution in [3.63, 3.8) is 0 Å². The van der Waals surface area contributed by atoms with Crippen LogP contribution < -0.4 is 5.32 Å². The molecular weight excluding hydrogens is 495 g/mol. The van der Waals surface area contributed by atoms with Crippen molar-refractivity contribution in [3.8, 4) is 0 Å². The van der Waals surface area contributed by atoms with E-state index in [2.05, 4.69) is 5.32 Å². The molecule has 6 nitrogen and oxygen atoms in total. The summed E-state index contributed by atoms with van der Waals surface area (Å²) in [6, 6.07) is 12.1. The molecular formula is C25H27Cl2N2O4S+. The van der Waals surface area contributed by atoms with Gasteiger partial charge in [-0.1, -0.05) is 59.6 Å². The van der Waals surface area contributed by atoms with Crippen LogP contribution in [0.5, 0.6) is 0 Å². The van der Waals surface area contributed by atoms with E-state index in [-0.39, 0.29) is 24.2 Å². The fourth-order valence-electron chi connectivity index (χ4n) is 3.81. The maximum Gasteiger partial charge on any atom is 0.504 e. The summed E-state index contributed by atoms with van der Waals surface area (Å²) in [5, 5.41) is 13.2. The van der Waals surface area contributed by atoms with Gasteiger partial charge in [0.1, 0.15) is 0 Å². The van der Waals surface area contributed by atoms with Crippen LogP contribution in [0, 0.1) is 5.92 Å². The summed E-state index contributed by atoms with van der Waals surface area (Å²) < 4.78 is 0. The first-order valence-electron chi connectivity index (χ1n) is 10.9. The van der Waals surface area contributed by atoms with E-state index in [9.17, 15) is 19.5 Å². The molecule has 1 aliphatic heterocycles. The first-order chi connectivity index (χ1) is 16.3. The number of aliphatic hydroxyl groups excluding tert-OH is 1. The summed E-state index contributed by atoms with van der Waals surface area (Å²) in [6.45, 7) is 0.860. The lowest BCUT2D eigenvalue weighted by atomic mass is 9.95. The number of nitrogens with zero attached hydrogens (tertiary/aromatic N) is 1. The zero-order valence-electron chi connectivity index (χ0n) is 18.7. The van der Waals surface area contributed by atoms with Crippen LogP contribution in [0.1, 0.15) is 24.0 Å². The third kappa shape index (κ3) is 6.78. The van der Waals surface area contributed by atoms with Crippen LogP contribution in [0.4, 0.5) is 0 Å². The Labute approximate surface area is 213 Å². The Hall–Kier alpha value is -2.48. The van der Waals surface area contributed by atoms with Crippen LogP contribution in [0.25, 0.3) is 6.08 Å². The van der Waals surface area contributed by atoms with Gasteiger partial charge in [0.25, 0.3) is 0 Å². The second kappa shape index (κ2) is 12.3. The summed E-state index contributed by atoms with van der Waals surface area (Å²) in [5.74, 6) is -1.54. The van der Waals surface area contributed by atoms with E-state index in [0.29, 0.717) is 41.5 Å². The first kappa shape index (κ1) is 26.1. The van der Waals surface area contributed by atoms with E-state index in [1.165, 1.54) is 17.8 Å². The first-order valence-corrected chi connectivity index (χ1v) is 12.9. The SMILES string of the molecule is CSc1ccc(/C=C/C(=O)N2CCC(C(=O)N[C@@H](Cc3ccccc3)C(O)=[OH+])CC2)c(Cl)c1Cl. The Bertz CT molecular complexity index is 1070. The number of hydrogen-bond acceptors (Lipinski definition) is 3. The number of halogens is 2. The Kier molecular flexibility index (Phi) is 9.45. The van der Waals surface area contributed by atoms with Crippen LogP contribution in [0.3, 0.4) is 0 Å². The number of piperidine rings is 1. The maximum atomic E-state index is 12.7. The molecule has 1 fully saturated rings. The number of aliphatic carboxylic acids is 1. The average Bonchev–Trinajstić information content (AvgIpc) is 2.85. The number of rotatable bonds is 8. The van der Waals surface area contributed by atoms with Gasteiger partial charge in [0, 0.05) is 36.4 Å². The van der Waals surface area contributed by atoms with E-state index in [1.807, 2.05) is 48.7 Å². The molecule has 0 unspecified atom stereocenters. The Morgan fingerprint density at radius 2 is 1.85 bits per heavy atom. The molecule has 2 aromatic carbocycles. The van der Waals surface area contributed by atoms with Gasteiger partial charge in [-0.2, -0.15) is 0 Å². The highest BCUT2D eigenvalue weighted by molar-refractivity contribution is 7.98. The molecule has 0 spiro atoms. The molecule has 1 saturated heterocycles. The Morgan fingerprint density at radius 3 is 2.47 bits per heavy atom. The molecule has 0 radical (unpaired) electrons. The molecule has 1 aliphatic rings. The van der Waals surface area contributed by atoms with Gasteiger partial charge in [-0.05, 0) is 42.4 Å². The van der Waals surface area contributed by atoms with Gasteiger partial charge >= 0.3 is 5.97 Å². The minimum atomic E-state index is -0.883. The predicted molar refractivity (Wildman–Crippen MR) is 138 cm³/mol. The highest BCUT2D eigenvalue weighted by atomic mass is 35.5. The minimum Gasteiger partial charge on any atom is -0.339 e. The zero-order valence-corrected chi connectivity index (χ0v) is 21.0. The molecule has 2 aromatic rings. The quantitative estimate of drug-likeness (QED) is 0.297. The Morgan fingerprint density at radius 1 is 1.18 bits per heavy atom. The molecule has 0 aromatic heterocycles. The number of benzene rings is 2. The fourth-order valence-corrected chi connectivity index (χ4v) is 4.98. The van der Waals surface area contributed by atoms with E-state index >= 15 is 0 Å². The highest BCUT2D eigenvalue weighted by Crippen LogP contribution is 2.35. The van der Waals surface area contributed by atoms with E-state index in [0.717, 1.165) is 10.5 Å². The minimum absolute atomic E-state index is 0.164. The largest absolute Gasteiger partial charge is 0.504 e. The molecule has 180 valence electrons. The average molecular weight is 522 g/mol. The second-order valence-electron chi connectivity index (χ2n) is 8.03. The van der Waals surface area contributed by atoms with Crippen molar-refractivity contribution >= 4 is 58.8 Å². The third-order valence-corrected chi connectivity index (χ3v) is 7.58. The van der Waals surface area contributed by atoms with Gasteiger partial charge in [0.15, 0.2) is 6.04 Å². The van der Waals surface area contributed by atoms with Crippen molar-refractivity contribution in [3.05, 3.63) is 69.7 Å². The van der Waals surface area contributed by atoms with Crippen molar-refractivity contribution in [2.24, 2.45) is 5.92 Å². The van der Waals surface area contributed by atoms with Crippen LogP contribution in [0.15, 0.2) is 53.4 Å². The monoisotopic (exact) mass is 521 g/mol. The van der Waals surface area contributed by atoms with E-state index in [4.69, 9.17) is 23.2 Å². The van der Waals surface area contributed by atoms with Crippen molar-refractivity contribution < 1.29 is 19.5 Å². The number of carbonyl (C=O) groups is 2. The summed E-state index contributed by atoms with van der Waals surface area (Å²) in [7, 11) is 0. The standard InChI is InChI=1S/C25H26Cl2N2O4S/c1-34-20-9-7-17(22(26)23(20)27)8-10-21(30)29-13-11-18(12-14-29)24(31)28-19(25(32)33)15-16-5-3-2-4-6-16/h2-10,18-19H,11-15H2,1H3,(H,28,31)(H,32,33)/p+1/b10-8+/t19-/m0/s1. The van der Waals surface area contributed by atoms with Crippen LogP contribution >= 0.6 is 35.0 Å². The number of amides is 2. The number of likely N-dealkylation sites (tertiary alicyclic amines) is 1. The number of hydrogen-bond donors (Lipinski definition) is 2. The summed E-state index contributed by atoms with van der Waals surface area (Å²) in [4.78, 5) is 37.5. The van der Waals surface area contributed by atoms with E-state index in [1.54, 1.807) is 11.0 Å². The van der Waals surface area contributed by atoms with Crippen LogP contribution in [-0.4, -0.2) is 58.0 Å². The summed E-state index contributed by atoms with van der Waals surface area (Å²) >= 11 is 14.1. The molecule has 3 rings (SSSR count). The lowest BCUT2D eigenvalue weighted by Gasteiger charge is -2.31. The molecule has 1 heterocycles. The van der Waals surface area contributed by atoms with Crippen LogP contribution in [0.2, 0.25) is 10.0 Å². The van der Waals surface area contributed by atoms with Gasteiger partial charge < -0.3 is 20.1 Å². The van der Waals surface area contributed by atoms with Gasteiger partial charge in [-0.15, -0.1) is 11.8 Å². The predicted octanol–water partition coefficient (Wildman–Crippen LogP) is 4.76. The summed E-state index contributed by atoms with van der Waals surface area (Å²) in [5.41, 5.74) is 1.54. The van der Waals surface area contributed by atoms with Crippen molar-refractivity contribution in [1.82, 2.24) is 10.2 Å². The van der Waals surface area contributed by atoms with Crippen molar-refractivity contribution in [1.29, 1.82) is 0 Å². The Balaban J connectivity index is 1.53. The number of thioether (sulfide) groups is 1. The fraction of sp³-hybridized carbons (Fsp3) is 0.320. The number of nitrogens with one attached hydrogen (secondary N) is 1. The van der Waals surface area contributed by atoms with E-state index < -0.39 is 12.0 Å². The van der Waals surface area contributed by atoms with Crippen molar-refractivity contribution in [2.75, 3.05) is 19.3 Å². The molecule has 34 heavy (non-hydrogen) atoms. The van der Waals surface area contributed by atoms with Crippen molar-refractivity contribution in [2.45, 2.75) is 30.2 Å². The van der Waals surface area contributed by atoms with Gasteiger partial charge in [0.05, 0.1) is 10.0 Å². The van der Waals surface area contributed by atoms with Gasteiger partial charge in [-0.25, -0.2) is 0 Å². The van der Waals surface area contributed by atoms with Gasteiger partial charge in [-0.3, -0.25) is 9.59 Å². The molecule has 3 N–H and O–H groups in total. The molecule has 0 saturated carbocycles. The maximum absolute atomic E-state index is 12.7. The highest BCUT2D eigenvalue weighted by Gasteiger charge is 2.32. The molecule has 1 atom stereocenters. The normalized spacial score (nSPS) is 15.3. The van der Waals surface area contributed by atoms with Crippen LogP contribution in [-0.2, 0) is 16.0 Å². The molecule has 2 amide bonds. The van der Waals surface area contributed by atoms with Gasteiger partial charge in [0.2, 0.25) is 11.8 Å². The number of carbonyl (C=O) groups excluding carboxylic acids is 2. The second-order valence-corrected chi connectivity index (χ2v) is 9.63. The smallest absolute Gasteiger partial charge is 0.339 e.